The van der Waals surface area contributed by atoms with Crippen LogP contribution in [0.1, 0.15) is 67.7 Å². The predicted molar refractivity (Wildman–Crippen MR) is 103 cm³/mol. The van der Waals surface area contributed by atoms with Crippen LogP contribution in [0.3, 0.4) is 0 Å². The van der Waals surface area contributed by atoms with Crippen molar-refractivity contribution in [3.05, 3.63) is 11.6 Å². The number of carbonyl (C=O) groups excluding carboxylic acids is 2. The summed E-state index contributed by atoms with van der Waals surface area (Å²) in [5.74, 6) is -1.10. The fraction of sp³-hybridized carbons (Fsp3) is 0.818. The average molecular weight is 395 g/mol. The van der Waals surface area contributed by atoms with Gasteiger partial charge >= 0.3 is 11.9 Å². The summed E-state index contributed by atoms with van der Waals surface area (Å²) in [5.41, 5.74) is -1.54. The van der Waals surface area contributed by atoms with Crippen LogP contribution in [-0.2, 0) is 23.8 Å². The molecule has 1 aliphatic heterocycles. The van der Waals surface area contributed by atoms with Gasteiger partial charge in [-0.1, -0.05) is 26.8 Å². The summed E-state index contributed by atoms with van der Waals surface area (Å²) in [6, 6.07) is 0. The Morgan fingerprint density at radius 3 is 2.36 bits per heavy atom. The van der Waals surface area contributed by atoms with Gasteiger partial charge in [-0.05, 0) is 39.5 Å². The summed E-state index contributed by atoms with van der Waals surface area (Å²) < 4.78 is 17.7. The Hall–Kier alpha value is -1.40. The Labute approximate surface area is 167 Å². The van der Waals surface area contributed by atoms with Gasteiger partial charge in [0.1, 0.15) is 18.3 Å². The van der Waals surface area contributed by atoms with E-state index in [0.29, 0.717) is 24.8 Å². The number of fused-ring (bicyclic) bond motifs is 2. The largest absolute Gasteiger partial charge is 0.459 e. The summed E-state index contributed by atoms with van der Waals surface area (Å²) >= 11 is 0. The van der Waals surface area contributed by atoms with Crippen molar-refractivity contribution in [2.24, 2.45) is 17.3 Å². The molecule has 3 fully saturated rings. The molecule has 0 radical (unpaired) electrons. The lowest BCUT2D eigenvalue weighted by molar-refractivity contribution is -0.181. The highest BCUT2D eigenvalue weighted by molar-refractivity contribution is 5.87. The first-order valence-electron chi connectivity index (χ1n) is 10.3. The van der Waals surface area contributed by atoms with E-state index in [2.05, 4.69) is 0 Å². The second-order valence-electron chi connectivity index (χ2n) is 9.63. The molecule has 0 bridgehead atoms. The minimum absolute atomic E-state index is 0.0236. The van der Waals surface area contributed by atoms with Crippen molar-refractivity contribution in [3.63, 3.8) is 0 Å². The number of hydrogen-bond acceptors (Lipinski definition) is 6. The van der Waals surface area contributed by atoms with Crippen LogP contribution in [0.2, 0.25) is 0 Å². The molecule has 158 valence electrons. The highest BCUT2D eigenvalue weighted by atomic mass is 16.6. The molecule has 1 N–H and O–H groups in total. The van der Waals surface area contributed by atoms with Crippen LogP contribution in [0.25, 0.3) is 0 Å². The Balaban J connectivity index is 2.07. The summed E-state index contributed by atoms with van der Waals surface area (Å²) in [5, 5.41) is 11.7. The van der Waals surface area contributed by atoms with Gasteiger partial charge in [-0.15, -0.1) is 0 Å². The second-order valence-corrected chi connectivity index (χ2v) is 9.63. The normalized spacial score (nSPS) is 45.1. The summed E-state index contributed by atoms with van der Waals surface area (Å²) in [6.07, 6.45) is 2.22. The quantitative estimate of drug-likeness (QED) is 0.448. The zero-order valence-corrected chi connectivity index (χ0v) is 18.1. The molecular formula is C22H34O6. The van der Waals surface area contributed by atoms with E-state index in [4.69, 9.17) is 14.2 Å². The third-order valence-electron chi connectivity index (χ3n) is 7.46. The number of aliphatic hydroxyl groups is 1. The van der Waals surface area contributed by atoms with Crippen LogP contribution in [0, 0.1) is 17.3 Å². The van der Waals surface area contributed by atoms with E-state index in [1.54, 1.807) is 19.9 Å². The summed E-state index contributed by atoms with van der Waals surface area (Å²) in [6.45, 7) is 12.9. The maximum absolute atomic E-state index is 12.6. The number of ether oxygens (including phenoxy) is 3. The van der Waals surface area contributed by atoms with Crippen LogP contribution in [0.5, 0.6) is 0 Å². The molecule has 6 heteroatoms. The van der Waals surface area contributed by atoms with Crippen LogP contribution in [0.15, 0.2) is 11.6 Å². The third kappa shape index (κ3) is 3.18. The fourth-order valence-electron chi connectivity index (χ4n) is 5.56. The van der Waals surface area contributed by atoms with Gasteiger partial charge in [-0.2, -0.15) is 0 Å². The third-order valence-corrected chi connectivity index (χ3v) is 7.46. The van der Waals surface area contributed by atoms with Crippen molar-refractivity contribution in [2.45, 2.75) is 97.2 Å². The number of carbonyl (C=O) groups is 2. The topological polar surface area (TPSA) is 85.4 Å². The minimum atomic E-state index is -1.00. The van der Waals surface area contributed by atoms with Crippen LogP contribution in [-0.4, -0.2) is 46.6 Å². The average Bonchev–Trinajstić information content (AvgIpc) is 3.17. The monoisotopic (exact) mass is 394 g/mol. The highest BCUT2D eigenvalue weighted by Crippen LogP contribution is 2.64. The molecule has 3 rings (SSSR count). The van der Waals surface area contributed by atoms with E-state index in [0.717, 1.165) is 0 Å². The van der Waals surface area contributed by atoms with Gasteiger partial charge in [0.2, 0.25) is 0 Å². The molecule has 0 aromatic heterocycles. The van der Waals surface area contributed by atoms with Gasteiger partial charge in [0, 0.05) is 30.3 Å². The van der Waals surface area contributed by atoms with E-state index >= 15 is 0 Å². The SMILES string of the molecule is C/C=C(/C)C(=O)O[C@@H]1C[C@@]2(C)O[C@H]2[C@H](OC(C)=O)[C@]2(C)CC[C@](O)(C(C)C)[C@@H]12. The number of rotatable bonds is 4. The van der Waals surface area contributed by atoms with E-state index in [9.17, 15) is 14.7 Å². The van der Waals surface area contributed by atoms with E-state index in [1.807, 2.05) is 27.7 Å². The first-order valence-corrected chi connectivity index (χ1v) is 10.3. The molecule has 2 saturated carbocycles. The van der Waals surface area contributed by atoms with Crippen molar-refractivity contribution >= 4 is 11.9 Å². The van der Waals surface area contributed by atoms with Gasteiger partial charge in [-0.25, -0.2) is 4.79 Å². The Bertz CT molecular complexity index is 699. The molecule has 7 atom stereocenters. The smallest absolute Gasteiger partial charge is 0.333 e. The van der Waals surface area contributed by atoms with Crippen molar-refractivity contribution in [3.8, 4) is 0 Å². The molecule has 0 unspecified atom stereocenters. The van der Waals surface area contributed by atoms with Crippen molar-refractivity contribution in [1.29, 1.82) is 0 Å². The molecule has 2 aliphatic carbocycles. The predicted octanol–water partition coefficient (Wildman–Crippen LogP) is 3.16. The summed E-state index contributed by atoms with van der Waals surface area (Å²) in [7, 11) is 0. The summed E-state index contributed by atoms with van der Waals surface area (Å²) in [4.78, 5) is 24.5. The maximum atomic E-state index is 12.6. The zero-order chi connectivity index (χ0) is 21.1. The molecule has 1 saturated heterocycles. The van der Waals surface area contributed by atoms with Crippen LogP contribution in [0.4, 0.5) is 0 Å². The molecule has 6 nitrogen and oxygen atoms in total. The lowest BCUT2D eigenvalue weighted by atomic mass is 9.66. The van der Waals surface area contributed by atoms with E-state index in [1.165, 1.54) is 6.92 Å². The van der Waals surface area contributed by atoms with E-state index in [-0.39, 0.29) is 29.9 Å². The number of esters is 2. The Morgan fingerprint density at radius 2 is 1.82 bits per heavy atom. The Morgan fingerprint density at radius 1 is 1.18 bits per heavy atom. The molecule has 0 spiro atoms. The minimum Gasteiger partial charge on any atom is -0.459 e. The van der Waals surface area contributed by atoms with Crippen LogP contribution < -0.4 is 0 Å². The molecule has 3 aliphatic rings. The standard InChI is InChI=1S/C22H34O6/c1-8-13(4)19(24)27-15-11-21(7)18(28-21)17(26-14(5)23)20(6)9-10-22(25,12(2)3)16(15)20/h8,12,15-18,25H,9-11H2,1-7H3/b13-8-/t15-,16+,17+,18+,20-,21-,22+/m1/s1. The van der Waals surface area contributed by atoms with Gasteiger partial charge in [0.15, 0.2) is 0 Å². The maximum Gasteiger partial charge on any atom is 0.333 e. The van der Waals surface area contributed by atoms with E-state index < -0.39 is 28.8 Å². The molecule has 1 heterocycles. The first-order chi connectivity index (χ1) is 12.9. The van der Waals surface area contributed by atoms with Gasteiger partial charge in [-0.3, -0.25) is 4.79 Å². The van der Waals surface area contributed by atoms with Crippen molar-refractivity contribution < 1.29 is 28.9 Å². The Kier molecular flexibility index (Phi) is 5.20. The highest BCUT2D eigenvalue weighted by Gasteiger charge is 2.73. The molecular weight excluding hydrogens is 360 g/mol. The first kappa shape index (κ1) is 21.3. The molecule has 0 aromatic rings. The number of hydrogen-bond donors (Lipinski definition) is 1. The van der Waals surface area contributed by atoms with Crippen molar-refractivity contribution in [1.82, 2.24) is 0 Å². The van der Waals surface area contributed by atoms with Gasteiger partial charge in [0.05, 0.1) is 11.2 Å². The zero-order valence-electron chi connectivity index (χ0n) is 18.1. The molecule has 0 amide bonds. The van der Waals surface area contributed by atoms with Gasteiger partial charge in [0.25, 0.3) is 0 Å². The second kappa shape index (κ2) is 6.84. The lowest BCUT2D eigenvalue weighted by Gasteiger charge is -2.45. The molecule has 28 heavy (non-hydrogen) atoms. The number of epoxide rings is 1. The molecule has 0 aromatic carbocycles. The number of allylic oxidation sites excluding steroid dienone is 1. The van der Waals surface area contributed by atoms with Gasteiger partial charge < -0.3 is 19.3 Å². The van der Waals surface area contributed by atoms with Crippen LogP contribution >= 0.6 is 0 Å². The van der Waals surface area contributed by atoms with Crippen molar-refractivity contribution in [2.75, 3.05) is 0 Å². The fourth-order valence-corrected chi connectivity index (χ4v) is 5.56. The lowest BCUT2D eigenvalue weighted by Crippen LogP contribution is -2.54.